The number of hydrogen-bond acceptors (Lipinski definition) is 8. The van der Waals surface area contributed by atoms with E-state index < -0.39 is 48.2 Å². The van der Waals surface area contributed by atoms with E-state index in [0.717, 1.165) is 19.3 Å². The first kappa shape index (κ1) is 38.3. The van der Waals surface area contributed by atoms with Crippen LogP contribution in [-0.2, 0) is 38.1 Å². The minimum absolute atomic E-state index is 0.00412. The summed E-state index contributed by atoms with van der Waals surface area (Å²) in [6.45, 7) is 12.0. The molecule has 0 aliphatic heterocycles. The lowest BCUT2D eigenvalue weighted by atomic mass is 9.36. The molecule has 274 valence electrons. The maximum atomic E-state index is 13.6. The SMILES string of the molecule is CCC(C)C12CC(OC=O)CCC1(C)C1CC(OC=O)C3(C)C(C(C)CCC(=O)OC(C(C)(F)F)C(F)(F)F)CCC3C1C(OC=O)C2. The highest BCUT2D eigenvalue weighted by molar-refractivity contribution is 5.69. The Kier molecular flexibility index (Phi) is 11.2. The van der Waals surface area contributed by atoms with Crippen molar-refractivity contribution in [3.63, 3.8) is 0 Å². The highest BCUT2D eigenvalue weighted by Crippen LogP contribution is 2.73. The standard InChI is InChI=1S/C35H51F5O8/c1-7-21(3)34-15-22(45-17-41)12-13-31(34,4)25-14-27(47-19-43)32(5)23(9-10-24(32)29(25)26(16-34)46-18-42)20(2)8-11-28(44)48-30(33(6,36)37)35(38,39)40/h17-27,29-30H,7-16H2,1-6H3. The van der Waals surface area contributed by atoms with Crippen LogP contribution < -0.4 is 0 Å². The van der Waals surface area contributed by atoms with Crippen molar-refractivity contribution in [2.24, 2.45) is 51.8 Å². The first-order chi connectivity index (χ1) is 22.3. The molecule has 0 saturated heterocycles. The largest absolute Gasteiger partial charge is 0.465 e. The normalized spacial score (nSPS) is 39.8. The van der Waals surface area contributed by atoms with Crippen molar-refractivity contribution in [1.29, 1.82) is 0 Å². The molecule has 4 fully saturated rings. The first-order valence-corrected chi connectivity index (χ1v) is 17.3. The Bertz CT molecular complexity index is 1160. The van der Waals surface area contributed by atoms with E-state index in [9.17, 15) is 41.1 Å². The van der Waals surface area contributed by atoms with E-state index in [2.05, 4.69) is 32.4 Å². The molecule has 0 bridgehead atoms. The van der Waals surface area contributed by atoms with Crippen LogP contribution in [0.4, 0.5) is 22.0 Å². The first-order valence-electron chi connectivity index (χ1n) is 17.3. The predicted molar refractivity (Wildman–Crippen MR) is 162 cm³/mol. The zero-order valence-electron chi connectivity index (χ0n) is 28.7. The third-order valence-corrected chi connectivity index (χ3v) is 13.8. The molecular formula is C35H51F5O8. The second-order valence-corrected chi connectivity index (χ2v) is 15.6. The van der Waals surface area contributed by atoms with Crippen LogP contribution in [0.1, 0.15) is 106 Å². The maximum Gasteiger partial charge on any atom is 0.431 e. The Labute approximate surface area is 279 Å². The molecule has 0 N–H and O–H groups in total. The fraction of sp³-hybridized carbons (Fsp3) is 0.886. The molecule has 0 aromatic heterocycles. The van der Waals surface area contributed by atoms with Gasteiger partial charge < -0.3 is 18.9 Å². The van der Waals surface area contributed by atoms with Crippen molar-refractivity contribution >= 4 is 25.4 Å². The average Bonchev–Trinajstić information content (AvgIpc) is 3.36. The summed E-state index contributed by atoms with van der Waals surface area (Å²) < 4.78 is 88.6. The lowest BCUT2D eigenvalue weighted by Gasteiger charge is -2.69. The topological polar surface area (TPSA) is 105 Å². The third-order valence-electron chi connectivity index (χ3n) is 13.8. The van der Waals surface area contributed by atoms with Gasteiger partial charge in [0.2, 0.25) is 0 Å². The van der Waals surface area contributed by atoms with Gasteiger partial charge in [0.05, 0.1) is 0 Å². The van der Waals surface area contributed by atoms with E-state index in [0.29, 0.717) is 51.5 Å². The monoisotopic (exact) mass is 694 g/mol. The van der Waals surface area contributed by atoms with Gasteiger partial charge in [-0.1, -0.05) is 41.0 Å². The minimum atomic E-state index is -5.42. The van der Waals surface area contributed by atoms with Gasteiger partial charge in [0, 0.05) is 24.7 Å². The second kappa shape index (κ2) is 14.0. The zero-order chi connectivity index (χ0) is 35.9. The van der Waals surface area contributed by atoms with Crippen LogP contribution >= 0.6 is 0 Å². The van der Waals surface area contributed by atoms with Crippen molar-refractivity contribution in [2.75, 3.05) is 0 Å². The summed E-state index contributed by atoms with van der Waals surface area (Å²) in [5.74, 6) is -5.95. The third kappa shape index (κ3) is 6.56. The van der Waals surface area contributed by atoms with Gasteiger partial charge in [0.1, 0.15) is 18.3 Å². The van der Waals surface area contributed by atoms with Gasteiger partial charge in [-0.25, -0.2) is 8.78 Å². The Hall–Kier alpha value is -2.47. The summed E-state index contributed by atoms with van der Waals surface area (Å²) >= 11 is 0. The summed E-state index contributed by atoms with van der Waals surface area (Å²) in [6, 6.07) is 0. The average molecular weight is 695 g/mol. The van der Waals surface area contributed by atoms with Crippen molar-refractivity contribution < 1.29 is 60.1 Å². The van der Waals surface area contributed by atoms with Crippen LogP contribution in [0.25, 0.3) is 0 Å². The lowest BCUT2D eigenvalue weighted by Crippen LogP contribution is -2.67. The maximum absolute atomic E-state index is 13.6. The van der Waals surface area contributed by atoms with Crippen LogP contribution in [0.3, 0.4) is 0 Å². The van der Waals surface area contributed by atoms with Crippen LogP contribution in [0.15, 0.2) is 0 Å². The molecule has 0 aromatic carbocycles. The lowest BCUT2D eigenvalue weighted by molar-refractivity contribution is -0.273. The molecule has 13 atom stereocenters. The summed E-state index contributed by atoms with van der Waals surface area (Å²) in [6.07, 6.45) is -5.11. The van der Waals surface area contributed by atoms with E-state index in [1.807, 2.05) is 6.92 Å². The number of carbonyl (C=O) groups excluding carboxylic acids is 4. The summed E-state index contributed by atoms with van der Waals surface area (Å²) in [4.78, 5) is 47.9. The Morgan fingerprint density at radius 2 is 1.56 bits per heavy atom. The van der Waals surface area contributed by atoms with Gasteiger partial charge in [-0.05, 0) is 91.8 Å². The highest BCUT2D eigenvalue weighted by atomic mass is 19.4. The number of fused-ring (bicyclic) bond motifs is 5. The Balaban J connectivity index is 1.65. The van der Waals surface area contributed by atoms with Crippen molar-refractivity contribution in [2.45, 2.75) is 142 Å². The van der Waals surface area contributed by atoms with E-state index in [1.165, 1.54) is 0 Å². The van der Waals surface area contributed by atoms with E-state index in [4.69, 9.17) is 14.2 Å². The highest BCUT2D eigenvalue weighted by Gasteiger charge is 2.71. The van der Waals surface area contributed by atoms with Crippen LogP contribution in [0, 0.1) is 51.8 Å². The summed E-state index contributed by atoms with van der Waals surface area (Å²) in [5, 5.41) is 0. The van der Waals surface area contributed by atoms with Crippen LogP contribution in [-0.4, -0.2) is 61.9 Å². The van der Waals surface area contributed by atoms with Gasteiger partial charge in [-0.15, -0.1) is 0 Å². The quantitative estimate of drug-likeness (QED) is 0.0800. The van der Waals surface area contributed by atoms with Crippen molar-refractivity contribution in [1.82, 2.24) is 0 Å². The van der Waals surface area contributed by atoms with Crippen molar-refractivity contribution in [3.8, 4) is 0 Å². The van der Waals surface area contributed by atoms with E-state index in [1.54, 1.807) is 0 Å². The van der Waals surface area contributed by atoms with Gasteiger partial charge in [-0.2, -0.15) is 13.2 Å². The van der Waals surface area contributed by atoms with E-state index >= 15 is 0 Å². The van der Waals surface area contributed by atoms with E-state index in [-0.39, 0.29) is 65.8 Å². The van der Waals surface area contributed by atoms with Gasteiger partial charge in [0.15, 0.2) is 0 Å². The molecule has 8 nitrogen and oxygen atoms in total. The molecule has 0 spiro atoms. The molecule has 4 aliphatic rings. The van der Waals surface area contributed by atoms with Crippen molar-refractivity contribution in [3.05, 3.63) is 0 Å². The second-order valence-electron chi connectivity index (χ2n) is 15.6. The molecule has 13 unspecified atom stereocenters. The van der Waals surface area contributed by atoms with Gasteiger partial charge in [0.25, 0.3) is 31.4 Å². The molecule has 4 rings (SSSR count). The molecule has 0 aromatic rings. The van der Waals surface area contributed by atoms with Gasteiger partial charge >= 0.3 is 12.1 Å². The molecule has 4 saturated carbocycles. The smallest absolute Gasteiger partial charge is 0.431 e. The molecule has 0 amide bonds. The van der Waals surface area contributed by atoms with Crippen LogP contribution in [0.2, 0.25) is 0 Å². The fourth-order valence-corrected chi connectivity index (χ4v) is 11.4. The predicted octanol–water partition coefficient (Wildman–Crippen LogP) is 7.45. The number of ether oxygens (including phenoxy) is 4. The Morgan fingerprint density at radius 3 is 2.12 bits per heavy atom. The number of alkyl halides is 5. The molecular weight excluding hydrogens is 643 g/mol. The molecule has 0 heterocycles. The summed E-state index contributed by atoms with van der Waals surface area (Å²) in [5.41, 5.74) is -1.20. The minimum Gasteiger partial charge on any atom is -0.465 e. The number of hydrogen-bond donors (Lipinski definition) is 0. The molecule has 4 aliphatic carbocycles. The molecule has 13 heteroatoms. The van der Waals surface area contributed by atoms with Crippen LogP contribution in [0.5, 0.6) is 0 Å². The number of carbonyl (C=O) groups is 4. The number of halogens is 5. The fourth-order valence-electron chi connectivity index (χ4n) is 11.4. The Morgan fingerprint density at radius 1 is 0.917 bits per heavy atom. The molecule has 0 radical (unpaired) electrons. The molecule has 48 heavy (non-hydrogen) atoms. The zero-order valence-corrected chi connectivity index (χ0v) is 28.7. The summed E-state index contributed by atoms with van der Waals surface area (Å²) in [7, 11) is 0. The number of rotatable bonds is 14. The number of esters is 1. The van der Waals surface area contributed by atoms with Gasteiger partial charge in [-0.3, -0.25) is 19.2 Å².